The van der Waals surface area contributed by atoms with E-state index < -0.39 is 0 Å². The standard InChI is InChI=1S/C17H29N3/c1-4-6-15-9-11-20(12-10-15)17-8-7-16(13-18-5-2)14(3)19-17/h7-8,15,18H,4-6,9-13H2,1-3H3. The first kappa shape index (κ1) is 15.3. The van der Waals surface area contributed by atoms with Gasteiger partial charge in [0.05, 0.1) is 0 Å². The molecule has 1 saturated heterocycles. The van der Waals surface area contributed by atoms with Crippen LogP contribution in [0.3, 0.4) is 0 Å². The lowest BCUT2D eigenvalue weighted by molar-refractivity contribution is 0.377. The Balaban J connectivity index is 1.95. The maximum Gasteiger partial charge on any atom is 0.128 e. The molecule has 0 aliphatic carbocycles. The average Bonchev–Trinajstić information content (AvgIpc) is 2.47. The number of hydrogen-bond donors (Lipinski definition) is 1. The summed E-state index contributed by atoms with van der Waals surface area (Å²) in [6.45, 7) is 10.8. The number of piperidine rings is 1. The number of anilines is 1. The normalized spacial score (nSPS) is 16.6. The van der Waals surface area contributed by atoms with Gasteiger partial charge in [-0.15, -0.1) is 0 Å². The summed E-state index contributed by atoms with van der Waals surface area (Å²) in [5.74, 6) is 2.10. The molecule has 0 radical (unpaired) electrons. The van der Waals surface area contributed by atoms with Crippen molar-refractivity contribution < 1.29 is 0 Å². The topological polar surface area (TPSA) is 28.2 Å². The van der Waals surface area contributed by atoms with Crippen molar-refractivity contribution >= 4 is 5.82 Å². The molecule has 1 N–H and O–H groups in total. The van der Waals surface area contributed by atoms with Crippen LogP contribution in [0.25, 0.3) is 0 Å². The molecule has 0 aromatic carbocycles. The van der Waals surface area contributed by atoms with Crippen LogP contribution < -0.4 is 10.2 Å². The molecule has 3 nitrogen and oxygen atoms in total. The Bertz CT molecular complexity index is 409. The second-order valence-corrected chi connectivity index (χ2v) is 5.91. The molecule has 0 bridgehead atoms. The summed E-state index contributed by atoms with van der Waals surface area (Å²) in [7, 11) is 0. The van der Waals surface area contributed by atoms with E-state index in [1.54, 1.807) is 0 Å². The summed E-state index contributed by atoms with van der Waals surface area (Å²) < 4.78 is 0. The van der Waals surface area contributed by atoms with Crippen LogP contribution in [0.2, 0.25) is 0 Å². The first-order valence-electron chi connectivity index (χ1n) is 8.16. The monoisotopic (exact) mass is 275 g/mol. The van der Waals surface area contributed by atoms with Crippen LogP contribution in [0, 0.1) is 12.8 Å². The fourth-order valence-corrected chi connectivity index (χ4v) is 3.06. The Morgan fingerprint density at radius 1 is 1.25 bits per heavy atom. The highest BCUT2D eigenvalue weighted by molar-refractivity contribution is 5.42. The smallest absolute Gasteiger partial charge is 0.128 e. The van der Waals surface area contributed by atoms with Crippen LogP contribution in [-0.4, -0.2) is 24.6 Å². The molecular formula is C17H29N3. The summed E-state index contributed by atoms with van der Waals surface area (Å²) in [6.07, 6.45) is 5.37. The van der Waals surface area contributed by atoms with E-state index in [0.29, 0.717) is 0 Å². The van der Waals surface area contributed by atoms with Crippen molar-refractivity contribution in [1.82, 2.24) is 10.3 Å². The van der Waals surface area contributed by atoms with E-state index >= 15 is 0 Å². The first-order valence-corrected chi connectivity index (χ1v) is 8.16. The lowest BCUT2D eigenvalue weighted by atomic mass is 9.92. The molecular weight excluding hydrogens is 246 g/mol. The Hall–Kier alpha value is -1.09. The average molecular weight is 275 g/mol. The number of nitrogens with one attached hydrogen (secondary N) is 1. The van der Waals surface area contributed by atoms with E-state index in [9.17, 15) is 0 Å². The fraction of sp³-hybridized carbons (Fsp3) is 0.706. The van der Waals surface area contributed by atoms with Crippen molar-refractivity contribution in [3.05, 3.63) is 23.4 Å². The van der Waals surface area contributed by atoms with Gasteiger partial charge in [0.2, 0.25) is 0 Å². The van der Waals surface area contributed by atoms with Gasteiger partial charge in [-0.05, 0) is 43.9 Å². The number of aryl methyl sites for hydroxylation is 1. The molecule has 112 valence electrons. The van der Waals surface area contributed by atoms with Crippen LogP contribution in [0.4, 0.5) is 5.82 Å². The quantitative estimate of drug-likeness (QED) is 0.861. The predicted octanol–water partition coefficient (Wildman–Crippen LogP) is 3.52. The highest BCUT2D eigenvalue weighted by atomic mass is 15.2. The molecule has 0 spiro atoms. The maximum atomic E-state index is 4.81. The minimum Gasteiger partial charge on any atom is -0.357 e. The SMILES string of the molecule is CCCC1CCN(c2ccc(CNCC)c(C)n2)CC1. The number of hydrogen-bond acceptors (Lipinski definition) is 3. The lowest BCUT2D eigenvalue weighted by Gasteiger charge is -2.33. The van der Waals surface area contributed by atoms with Gasteiger partial charge in [0.15, 0.2) is 0 Å². The Kier molecular flexibility index (Phi) is 5.84. The lowest BCUT2D eigenvalue weighted by Crippen LogP contribution is -2.34. The Morgan fingerprint density at radius 3 is 2.60 bits per heavy atom. The van der Waals surface area contributed by atoms with Gasteiger partial charge in [-0.1, -0.05) is 32.8 Å². The van der Waals surface area contributed by atoms with Crippen molar-refractivity contribution in [3.8, 4) is 0 Å². The second kappa shape index (κ2) is 7.63. The molecule has 20 heavy (non-hydrogen) atoms. The third kappa shape index (κ3) is 3.95. The highest BCUT2D eigenvalue weighted by Gasteiger charge is 2.19. The van der Waals surface area contributed by atoms with Gasteiger partial charge in [0.25, 0.3) is 0 Å². The highest BCUT2D eigenvalue weighted by Crippen LogP contribution is 2.25. The van der Waals surface area contributed by atoms with Crippen LogP contribution in [0.1, 0.15) is 50.8 Å². The molecule has 0 saturated carbocycles. The zero-order chi connectivity index (χ0) is 14.4. The van der Waals surface area contributed by atoms with Crippen LogP contribution in [0.5, 0.6) is 0 Å². The summed E-state index contributed by atoms with van der Waals surface area (Å²) in [6, 6.07) is 4.43. The molecule has 1 fully saturated rings. The largest absolute Gasteiger partial charge is 0.357 e. The molecule has 3 heteroatoms. The van der Waals surface area contributed by atoms with Gasteiger partial charge in [-0.3, -0.25) is 0 Å². The van der Waals surface area contributed by atoms with E-state index in [1.165, 1.54) is 50.0 Å². The molecule has 1 aliphatic rings. The van der Waals surface area contributed by atoms with Crippen molar-refractivity contribution in [2.24, 2.45) is 5.92 Å². The first-order chi connectivity index (χ1) is 9.74. The Labute approximate surface area is 123 Å². The fourth-order valence-electron chi connectivity index (χ4n) is 3.06. The van der Waals surface area contributed by atoms with Gasteiger partial charge < -0.3 is 10.2 Å². The molecule has 2 heterocycles. The molecule has 1 aromatic heterocycles. The molecule has 0 amide bonds. The molecule has 1 aliphatic heterocycles. The number of nitrogens with zero attached hydrogens (tertiary/aromatic N) is 2. The summed E-state index contributed by atoms with van der Waals surface area (Å²) in [5, 5.41) is 3.37. The Morgan fingerprint density at radius 2 is 2.00 bits per heavy atom. The van der Waals surface area contributed by atoms with E-state index in [0.717, 1.165) is 24.8 Å². The van der Waals surface area contributed by atoms with Gasteiger partial charge >= 0.3 is 0 Å². The minimum atomic E-state index is 0.925. The van der Waals surface area contributed by atoms with Crippen molar-refractivity contribution in [2.45, 2.75) is 53.0 Å². The maximum absolute atomic E-state index is 4.81. The van der Waals surface area contributed by atoms with Crippen LogP contribution in [-0.2, 0) is 6.54 Å². The van der Waals surface area contributed by atoms with Crippen molar-refractivity contribution in [1.29, 1.82) is 0 Å². The van der Waals surface area contributed by atoms with E-state index in [2.05, 4.69) is 43.1 Å². The van der Waals surface area contributed by atoms with E-state index in [4.69, 9.17) is 4.98 Å². The van der Waals surface area contributed by atoms with Crippen molar-refractivity contribution in [2.75, 3.05) is 24.5 Å². The third-order valence-electron chi connectivity index (χ3n) is 4.38. The summed E-state index contributed by atoms with van der Waals surface area (Å²) >= 11 is 0. The van der Waals surface area contributed by atoms with Gasteiger partial charge in [0.1, 0.15) is 5.82 Å². The second-order valence-electron chi connectivity index (χ2n) is 5.91. The van der Waals surface area contributed by atoms with Gasteiger partial charge in [0, 0.05) is 25.3 Å². The predicted molar refractivity (Wildman–Crippen MR) is 86.2 cm³/mol. The third-order valence-corrected chi connectivity index (χ3v) is 4.38. The summed E-state index contributed by atoms with van der Waals surface area (Å²) in [4.78, 5) is 7.26. The zero-order valence-electron chi connectivity index (χ0n) is 13.3. The minimum absolute atomic E-state index is 0.925. The van der Waals surface area contributed by atoms with Crippen LogP contribution >= 0.6 is 0 Å². The molecule has 0 unspecified atom stereocenters. The zero-order valence-corrected chi connectivity index (χ0v) is 13.3. The molecule has 0 atom stereocenters. The van der Waals surface area contributed by atoms with Crippen LogP contribution in [0.15, 0.2) is 12.1 Å². The molecule has 2 rings (SSSR count). The van der Waals surface area contributed by atoms with Crippen molar-refractivity contribution in [3.63, 3.8) is 0 Å². The van der Waals surface area contributed by atoms with Gasteiger partial charge in [-0.25, -0.2) is 4.98 Å². The van der Waals surface area contributed by atoms with Gasteiger partial charge in [-0.2, -0.15) is 0 Å². The number of rotatable bonds is 6. The molecule has 1 aromatic rings. The summed E-state index contributed by atoms with van der Waals surface area (Å²) in [5.41, 5.74) is 2.48. The van der Waals surface area contributed by atoms with E-state index in [-0.39, 0.29) is 0 Å². The number of pyridine rings is 1. The number of aromatic nitrogens is 1. The van der Waals surface area contributed by atoms with E-state index in [1.807, 2.05) is 0 Å².